The van der Waals surface area contributed by atoms with E-state index in [0.29, 0.717) is 0 Å². The molecule has 0 spiro atoms. The summed E-state index contributed by atoms with van der Waals surface area (Å²) in [6.07, 6.45) is 7.46. The molecular formula is C16H17NO2. The van der Waals surface area contributed by atoms with Gasteiger partial charge in [0.25, 0.3) is 0 Å². The van der Waals surface area contributed by atoms with Crippen molar-refractivity contribution in [1.82, 2.24) is 5.32 Å². The molecular weight excluding hydrogens is 238 g/mol. The van der Waals surface area contributed by atoms with E-state index in [2.05, 4.69) is 5.32 Å². The van der Waals surface area contributed by atoms with E-state index < -0.39 is 0 Å². The molecule has 0 bridgehead atoms. The summed E-state index contributed by atoms with van der Waals surface area (Å²) in [7, 11) is 0. The molecule has 2 aromatic rings. The van der Waals surface area contributed by atoms with E-state index in [9.17, 15) is 4.79 Å². The van der Waals surface area contributed by atoms with E-state index in [1.54, 1.807) is 24.7 Å². The minimum atomic E-state index is -0.0835. The normalized spacial score (nSPS) is 12.5. The molecule has 3 nitrogen and oxygen atoms in total. The molecule has 0 aliphatic carbocycles. The van der Waals surface area contributed by atoms with Crippen molar-refractivity contribution < 1.29 is 9.21 Å². The number of carbonyl (C=O) groups is 1. The third kappa shape index (κ3) is 4.47. The zero-order valence-electron chi connectivity index (χ0n) is 10.9. The largest absolute Gasteiger partial charge is 0.472 e. The molecule has 1 amide bonds. The van der Waals surface area contributed by atoms with Gasteiger partial charge in [-0.25, -0.2) is 0 Å². The van der Waals surface area contributed by atoms with Crippen molar-refractivity contribution in [2.45, 2.75) is 19.4 Å². The van der Waals surface area contributed by atoms with Crippen LogP contribution in [-0.4, -0.2) is 11.9 Å². The predicted octanol–water partition coefficient (Wildman–Crippen LogP) is 3.04. The molecule has 1 heterocycles. The third-order valence-corrected chi connectivity index (χ3v) is 2.74. The van der Waals surface area contributed by atoms with E-state index in [0.717, 1.165) is 17.5 Å². The molecule has 1 aromatic heterocycles. The number of carbonyl (C=O) groups excluding carboxylic acids is 1. The molecule has 2 rings (SSSR count). The Morgan fingerprint density at radius 2 is 2.11 bits per heavy atom. The van der Waals surface area contributed by atoms with Crippen molar-refractivity contribution in [3.8, 4) is 0 Å². The zero-order chi connectivity index (χ0) is 13.5. The lowest BCUT2D eigenvalue weighted by Crippen LogP contribution is -2.32. The van der Waals surface area contributed by atoms with Crippen LogP contribution in [0.2, 0.25) is 0 Å². The smallest absolute Gasteiger partial charge is 0.244 e. The van der Waals surface area contributed by atoms with Gasteiger partial charge < -0.3 is 9.73 Å². The Kier molecular flexibility index (Phi) is 4.56. The Hall–Kier alpha value is -2.29. The Morgan fingerprint density at radius 3 is 2.79 bits per heavy atom. The monoisotopic (exact) mass is 255 g/mol. The fourth-order valence-corrected chi connectivity index (χ4v) is 1.84. The number of hydrogen-bond acceptors (Lipinski definition) is 2. The van der Waals surface area contributed by atoms with Gasteiger partial charge in [-0.15, -0.1) is 0 Å². The van der Waals surface area contributed by atoms with Crippen LogP contribution in [0.4, 0.5) is 0 Å². The van der Waals surface area contributed by atoms with Crippen LogP contribution in [0.15, 0.2) is 59.4 Å². The highest BCUT2D eigenvalue weighted by atomic mass is 16.3. The molecule has 0 aliphatic rings. The maximum atomic E-state index is 11.7. The van der Waals surface area contributed by atoms with Crippen LogP contribution in [0.3, 0.4) is 0 Å². The minimum absolute atomic E-state index is 0.0746. The molecule has 1 aromatic carbocycles. The van der Waals surface area contributed by atoms with Gasteiger partial charge in [0, 0.05) is 12.1 Å². The fraction of sp³-hybridized carbons (Fsp3) is 0.188. The number of benzene rings is 1. The van der Waals surface area contributed by atoms with Crippen molar-refractivity contribution >= 4 is 12.0 Å². The molecule has 0 unspecified atom stereocenters. The summed E-state index contributed by atoms with van der Waals surface area (Å²) in [5.41, 5.74) is 2.10. The summed E-state index contributed by atoms with van der Waals surface area (Å²) in [4.78, 5) is 11.7. The molecule has 19 heavy (non-hydrogen) atoms. The maximum Gasteiger partial charge on any atom is 0.244 e. The zero-order valence-corrected chi connectivity index (χ0v) is 10.9. The van der Waals surface area contributed by atoms with Crippen LogP contribution in [0, 0.1) is 0 Å². The molecule has 0 fully saturated rings. The third-order valence-electron chi connectivity index (χ3n) is 2.74. The number of rotatable bonds is 5. The summed E-state index contributed by atoms with van der Waals surface area (Å²) in [6, 6.07) is 11.7. The van der Waals surface area contributed by atoms with E-state index in [1.165, 1.54) is 0 Å². The van der Waals surface area contributed by atoms with E-state index in [-0.39, 0.29) is 11.9 Å². The van der Waals surface area contributed by atoms with Gasteiger partial charge in [0.05, 0.1) is 12.5 Å². The van der Waals surface area contributed by atoms with Gasteiger partial charge in [0.15, 0.2) is 0 Å². The van der Waals surface area contributed by atoms with E-state index >= 15 is 0 Å². The number of amides is 1. The standard InChI is InChI=1S/C16H17NO2/c1-13(11-15-9-10-19-12-15)17-16(18)8-7-14-5-3-2-4-6-14/h2-10,12-13H,11H2,1H3,(H,17,18)/b8-7+/t13-/m0/s1. The number of nitrogens with one attached hydrogen (secondary N) is 1. The second-order valence-corrected chi connectivity index (χ2v) is 4.49. The maximum absolute atomic E-state index is 11.7. The first-order valence-corrected chi connectivity index (χ1v) is 6.29. The quantitative estimate of drug-likeness (QED) is 0.834. The van der Waals surface area contributed by atoms with Gasteiger partial charge in [0.1, 0.15) is 0 Å². The summed E-state index contributed by atoms with van der Waals surface area (Å²) in [6.45, 7) is 1.97. The number of furan rings is 1. The molecule has 1 N–H and O–H groups in total. The SMILES string of the molecule is C[C@@H](Cc1ccoc1)NC(=O)/C=C/c1ccccc1. The van der Waals surface area contributed by atoms with Crippen molar-refractivity contribution in [1.29, 1.82) is 0 Å². The first kappa shape index (κ1) is 13.1. The van der Waals surface area contributed by atoms with Crippen LogP contribution in [0.1, 0.15) is 18.1 Å². The summed E-state index contributed by atoms with van der Waals surface area (Å²) < 4.78 is 5.00. The van der Waals surface area contributed by atoms with Gasteiger partial charge in [0.2, 0.25) is 5.91 Å². The second-order valence-electron chi connectivity index (χ2n) is 4.49. The Bertz CT molecular complexity index is 529. The second kappa shape index (κ2) is 6.59. The molecule has 0 saturated heterocycles. The topological polar surface area (TPSA) is 42.2 Å². The first-order chi connectivity index (χ1) is 9.24. The van der Waals surface area contributed by atoms with Crippen LogP contribution in [0.5, 0.6) is 0 Å². The van der Waals surface area contributed by atoms with Crippen molar-refractivity contribution in [2.75, 3.05) is 0 Å². The van der Waals surface area contributed by atoms with Gasteiger partial charge >= 0.3 is 0 Å². The van der Waals surface area contributed by atoms with Crippen LogP contribution in [0.25, 0.3) is 6.08 Å². The molecule has 98 valence electrons. The van der Waals surface area contributed by atoms with Crippen molar-refractivity contribution in [2.24, 2.45) is 0 Å². The number of hydrogen-bond donors (Lipinski definition) is 1. The Balaban J connectivity index is 1.82. The van der Waals surface area contributed by atoms with Crippen LogP contribution in [-0.2, 0) is 11.2 Å². The van der Waals surface area contributed by atoms with E-state index in [1.807, 2.05) is 43.3 Å². The summed E-state index contributed by atoms with van der Waals surface area (Å²) in [5, 5.41) is 2.92. The van der Waals surface area contributed by atoms with Crippen molar-refractivity contribution in [3.63, 3.8) is 0 Å². The van der Waals surface area contributed by atoms with E-state index in [4.69, 9.17) is 4.42 Å². The Labute approximate surface area is 112 Å². The average molecular weight is 255 g/mol. The van der Waals surface area contributed by atoms with Gasteiger partial charge in [-0.2, -0.15) is 0 Å². The summed E-state index contributed by atoms with van der Waals surface area (Å²) in [5.74, 6) is -0.0835. The summed E-state index contributed by atoms with van der Waals surface area (Å²) >= 11 is 0. The van der Waals surface area contributed by atoms with Gasteiger partial charge in [-0.05, 0) is 36.6 Å². The fourth-order valence-electron chi connectivity index (χ4n) is 1.84. The molecule has 0 aliphatic heterocycles. The van der Waals surface area contributed by atoms with Gasteiger partial charge in [-0.1, -0.05) is 30.3 Å². The first-order valence-electron chi connectivity index (χ1n) is 6.29. The predicted molar refractivity (Wildman–Crippen MR) is 75.5 cm³/mol. The molecule has 3 heteroatoms. The average Bonchev–Trinajstić information content (AvgIpc) is 2.90. The highest BCUT2D eigenvalue weighted by Crippen LogP contribution is 2.04. The lowest BCUT2D eigenvalue weighted by molar-refractivity contribution is -0.117. The Morgan fingerprint density at radius 1 is 1.32 bits per heavy atom. The lowest BCUT2D eigenvalue weighted by atomic mass is 10.1. The molecule has 1 atom stereocenters. The lowest BCUT2D eigenvalue weighted by Gasteiger charge is -2.10. The van der Waals surface area contributed by atoms with Gasteiger partial charge in [-0.3, -0.25) is 4.79 Å². The van der Waals surface area contributed by atoms with Crippen molar-refractivity contribution in [3.05, 3.63) is 66.1 Å². The minimum Gasteiger partial charge on any atom is -0.472 e. The van der Waals surface area contributed by atoms with Crippen LogP contribution >= 0.6 is 0 Å². The molecule has 0 radical (unpaired) electrons. The highest BCUT2D eigenvalue weighted by molar-refractivity contribution is 5.91. The van der Waals surface area contributed by atoms with Crippen LogP contribution < -0.4 is 5.32 Å². The highest BCUT2D eigenvalue weighted by Gasteiger charge is 2.06. The molecule has 0 saturated carbocycles.